The molecule has 0 bridgehead atoms. The van der Waals surface area contributed by atoms with E-state index in [0.717, 1.165) is 17.7 Å². The lowest BCUT2D eigenvalue weighted by atomic mass is 10.2. The number of aliphatic imine (C=N–C) groups is 1. The zero-order valence-electron chi connectivity index (χ0n) is 15.5. The minimum Gasteiger partial charge on any atom is -0.493 e. The van der Waals surface area contributed by atoms with E-state index >= 15 is 0 Å². The van der Waals surface area contributed by atoms with Crippen LogP contribution in [0, 0.1) is 0 Å². The smallest absolute Gasteiger partial charge is 0.203 e. The molecule has 140 valence electrons. The minimum absolute atomic E-state index is 0.382. The van der Waals surface area contributed by atoms with Gasteiger partial charge in [0.2, 0.25) is 5.75 Å². The third kappa shape index (κ3) is 5.54. The Morgan fingerprint density at radius 3 is 2.50 bits per heavy atom. The van der Waals surface area contributed by atoms with Gasteiger partial charge >= 0.3 is 0 Å². The number of nitrogens with one attached hydrogen (secondary N) is 1. The summed E-state index contributed by atoms with van der Waals surface area (Å²) in [4.78, 5) is 8.63. The van der Waals surface area contributed by atoms with E-state index in [1.807, 2.05) is 37.3 Å². The summed E-state index contributed by atoms with van der Waals surface area (Å²) in [6, 6.07) is 9.59. The molecule has 0 amide bonds. The van der Waals surface area contributed by atoms with E-state index < -0.39 is 0 Å². The lowest BCUT2D eigenvalue weighted by Crippen LogP contribution is -2.33. The van der Waals surface area contributed by atoms with Crippen LogP contribution < -0.4 is 25.3 Å². The molecular weight excluding hydrogens is 332 g/mol. The summed E-state index contributed by atoms with van der Waals surface area (Å²) in [5, 5.41) is 3.09. The topological polar surface area (TPSA) is 91.0 Å². The second-order valence-electron chi connectivity index (χ2n) is 5.46. The van der Waals surface area contributed by atoms with Gasteiger partial charge < -0.3 is 25.3 Å². The number of rotatable bonds is 9. The lowest BCUT2D eigenvalue weighted by molar-refractivity contribution is 0.288. The van der Waals surface area contributed by atoms with Gasteiger partial charge in [0.25, 0.3) is 0 Å². The predicted octanol–water partition coefficient (Wildman–Crippen LogP) is 2.14. The number of aromatic nitrogens is 1. The molecule has 0 aliphatic heterocycles. The summed E-state index contributed by atoms with van der Waals surface area (Å²) in [6.07, 6.45) is 2.56. The lowest BCUT2D eigenvalue weighted by Gasteiger charge is -2.15. The Balaban J connectivity index is 1.97. The van der Waals surface area contributed by atoms with Crippen LogP contribution in [0.1, 0.15) is 18.2 Å². The average molecular weight is 358 g/mol. The van der Waals surface area contributed by atoms with E-state index in [1.54, 1.807) is 20.4 Å². The summed E-state index contributed by atoms with van der Waals surface area (Å²) >= 11 is 0. The van der Waals surface area contributed by atoms with Crippen molar-refractivity contribution in [1.29, 1.82) is 0 Å². The second kappa shape index (κ2) is 10.1. The van der Waals surface area contributed by atoms with Crippen molar-refractivity contribution in [3.63, 3.8) is 0 Å². The Kier molecular flexibility index (Phi) is 7.54. The summed E-state index contributed by atoms with van der Waals surface area (Å²) in [6.45, 7) is 3.51. The number of ether oxygens (including phenoxy) is 3. The van der Waals surface area contributed by atoms with Crippen molar-refractivity contribution in [2.45, 2.75) is 19.9 Å². The van der Waals surface area contributed by atoms with Crippen LogP contribution in [-0.4, -0.2) is 38.3 Å². The molecule has 0 aliphatic rings. The molecule has 7 nitrogen and oxygen atoms in total. The zero-order valence-corrected chi connectivity index (χ0v) is 15.5. The predicted molar refractivity (Wildman–Crippen MR) is 102 cm³/mol. The van der Waals surface area contributed by atoms with E-state index in [0.29, 0.717) is 42.9 Å². The highest BCUT2D eigenvalue weighted by Gasteiger charge is 2.13. The minimum atomic E-state index is 0.382. The van der Waals surface area contributed by atoms with Crippen molar-refractivity contribution in [2.75, 3.05) is 27.4 Å². The first-order valence-corrected chi connectivity index (χ1v) is 8.49. The van der Waals surface area contributed by atoms with Gasteiger partial charge in [-0.1, -0.05) is 6.07 Å². The van der Waals surface area contributed by atoms with Gasteiger partial charge in [-0.15, -0.1) is 0 Å². The van der Waals surface area contributed by atoms with Crippen LogP contribution in [0.5, 0.6) is 17.2 Å². The van der Waals surface area contributed by atoms with Crippen LogP contribution in [-0.2, 0) is 13.0 Å². The number of nitrogens with zero attached hydrogens (tertiary/aromatic N) is 2. The second-order valence-corrected chi connectivity index (χ2v) is 5.46. The molecule has 0 unspecified atom stereocenters. The third-order valence-electron chi connectivity index (χ3n) is 3.65. The summed E-state index contributed by atoms with van der Waals surface area (Å²) in [5.41, 5.74) is 7.86. The molecule has 0 atom stereocenters. The number of pyridine rings is 1. The molecule has 0 aliphatic carbocycles. The molecule has 1 aromatic carbocycles. The van der Waals surface area contributed by atoms with Gasteiger partial charge in [-0.25, -0.2) is 4.99 Å². The highest BCUT2D eigenvalue weighted by molar-refractivity contribution is 5.77. The van der Waals surface area contributed by atoms with Crippen LogP contribution in [0.15, 0.2) is 41.5 Å². The molecule has 0 radical (unpaired) electrons. The molecule has 2 aromatic rings. The fourth-order valence-corrected chi connectivity index (χ4v) is 2.41. The van der Waals surface area contributed by atoms with Crippen molar-refractivity contribution >= 4 is 5.96 Å². The maximum absolute atomic E-state index is 5.94. The van der Waals surface area contributed by atoms with Gasteiger partial charge in [-0.2, -0.15) is 0 Å². The van der Waals surface area contributed by atoms with Crippen LogP contribution in [0.4, 0.5) is 0 Å². The molecule has 0 fully saturated rings. The van der Waals surface area contributed by atoms with Gasteiger partial charge in [-0.05, 0) is 36.8 Å². The standard InChI is InChI=1S/C19H26N4O3/c1-4-26-18-16(24-2)11-14(12-17(18)25-3)13-23-19(20)22-10-8-15-7-5-6-9-21-15/h5-7,9,11-12H,4,8,10,13H2,1-3H3,(H3,20,22,23). The maximum atomic E-state index is 5.94. The number of hydrogen-bond donors (Lipinski definition) is 2. The summed E-state index contributed by atoms with van der Waals surface area (Å²) in [7, 11) is 3.19. The molecule has 26 heavy (non-hydrogen) atoms. The normalized spacial score (nSPS) is 11.1. The Labute approximate surface area is 154 Å². The van der Waals surface area contributed by atoms with Gasteiger partial charge in [0, 0.05) is 24.9 Å². The van der Waals surface area contributed by atoms with Crippen LogP contribution >= 0.6 is 0 Å². The van der Waals surface area contributed by atoms with Crippen molar-refractivity contribution in [3.05, 3.63) is 47.8 Å². The molecule has 0 saturated heterocycles. The van der Waals surface area contributed by atoms with Gasteiger partial charge in [0.1, 0.15) is 0 Å². The van der Waals surface area contributed by atoms with E-state index in [4.69, 9.17) is 19.9 Å². The van der Waals surface area contributed by atoms with Crippen molar-refractivity contribution < 1.29 is 14.2 Å². The number of hydrogen-bond acceptors (Lipinski definition) is 5. The first-order valence-electron chi connectivity index (χ1n) is 8.49. The highest BCUT2D eigenvalue weighted by atomic mass is 16.5. The molecular formula is C19H26N4O3. The third-order valence-corrected chi connectivity index (χ3v) is 3.65. The largest absolute Gasteiger partial charge is 0.493 e. The first-order chi connectivity index (χ1) is 12.7. The molecule has 0 spiro atoms. The van der Waals surface area contributed by atoms with E-state index in [-0.39, 0.29) is 0 Å². The molecule has 0 saturated carbocycles. The van der Waals surface area contributed by atoms with Gasteiger partial charge in [0.15, 0.2) is 17.5 Å². The van der Waals surface area contributed by atoms with Crippen molar-refractivity contribution in [3.8, 4) is 17.2 Å². The van der Waals surface area contributed by atoms with Crippen molar-refractivity contribution in [1.82, 2.24) is 10.3 Å². The Morgan fingerprint density at radius 1 is 1.19 bits per heavy atom. The van der Waals surface area contributed by atoms with E-state index in [1.165, 1.54) is 0 Å². The zero-order chi connectivity index (χ0) is 18.8. The molecule has 7 heteroatoms. The Morgan fingerprint density at radius 2 is 1.92 bits per heavy atom. The number of nitrogens with two attached hydrogens (primary N) is 1. The molecule has 3 N–H and O–H groups in total. The number of guanidine groups is 1. The maximum Gasteiger partial charge on any atom is 0.203 e. The summed E-state index contributed by atoms with van der Waals surface area (Å²) < 4.78 is 16.4. The highest BCUT2D eigenvalue weighted by Crippen LogP contribution is 2.38. The molecule has 1 aromatic heterocycles. The van der Waals surface area contributed by atoms with E-state index in [9.17, 15) is 0 Å². The van der Waals surface area contributed by atoms with Crippen LogP contribution in [0.3, 0.4) is 0 Å². The summed E-state index contributed by atoms with van der Waals surface area (Å²) in [5.74, 6) is 2.19. The van der Waals surface area contributed by atoms with E-state index in [2.05, 4.69) is 15.3 Å². The molecule has 1 heterocycles. The van der Waals surface area contributed by atoms with Crippen LogP contribution in [0.2, 0.25) is 0 Å². The molecule has 2 rings (SSSR count). The first kappa shape index (κ1) is 19.4. The van der Waals surface area contributed by atoms with Crippen LogP contribution in [0.25, 0.3) is 0 Å². The Bertz CT molecular complexity index is 695. The average Bonchev–Trinajstić information content (AvgIpc) is 2.67. The quantitative estimate of drug-likeness (QED) is 0.527. The fraction of sp³-hybridized carbons (Fsp3) is 0.368. The Hall–Kier alpha value is -2.96. The van der Waals surface area contributed by atoms with Crippen molar-refractivity contribution in [2.24, 2.45) is 10.7 Å². The van der Waals surface area contributed by atoms with Gasteiger partial charge in [-0.3, -0.25) is 4.98 Å². The SMILES string of the molecule is CCOc1c(OC)cc(CN=C(N)NCCc2ccccn2)cc1OC. The number of benzene rings is 1. The monoisotopic (exact) mass is 358 g/mol. The fourth-order valence-electron chi connectivity index (χ4n) is 2.41. The number of methoxy groups -OCH3 is 2. The van der Waals surface area contributed by atoms with Gasteiger partial charge in [0.05, 0.1) is 27.4 Å².